The van der Waals surface area contributed by atoms with Gasteiger partial charge in [0.15, 0.2) is 0 Å². The van der Waals surface area contributed by atoms with E-state index in [0.29, 0.717) is 0 Å². The van der Waals surface area contributed by atoms with E-state index in [-0.39, 0.29) is 18.4 Å². The average molecular weight is 312 g/mol. The molecule has 0 amide bonds. The van der Waals surface area contributed by atoms with Crippen LogP contribution in [0.5, 0.6) is 5.75 Å². The fourth-order valence-corrected chi connectivity index (χ4v) is 2.09. The molecule has 1 aromatic rings. The standard InChI is InChI=1S/C9H10INO.ClH/c10-7-3-1-2-6-8(11)4-5-12-9(6)7;/h1-3,8H,4-5,11H2;1H. The molecule has 2 rings (SSSR count). The highest BCUT2D eigenvalue weighted by Gasteiger charge is 2.19. The van der Waals surface area contributed by atoms with Crippen LogP contribution in [0.3, 0.4) is 0 Å². The van der Waals surface area contributed by atoms with E-state index in [1.165, 1.54) is 0 Å². The summed E-state index contributed by atoms with van der Waals surface area (Å²) in [5.41, 5.74) is 7.08. The first-order valence-corrected chi connectivity index (χ1v) is 5.03. The summed E-state index contributed by atoms with van der Waals surface area (Å²) in [7, 11) is 0. The van der Waals surface area contributed by atoms with E-state index in [1.54, 1.807) is 0 Å². The van der Waals surface area contributed by atoms with Crippen molar-refractivity contribution in [1.82, 2.24) is 0 Å². The molecule has 0 saturated heterocycles. The second-order valence-electron chi connectivity index (χ2n) is 2.90. The van der Waals surface area contributed by atoms with Gasteiger partial charge in [-0.05, 0) is 28.7 Å². The third-order valence-corrected chi connectivity index (χ3v) is 2.92. The van der Waals surface area contributed by atoms with Gasteiger partial charge in [-0.2, -0.15) is 0 Å². The van der Waals surface area contributed by atoms with Gasteiger partial charge in [-0.1, -0.05) is 12.1 Å². The first kappa shape index (κ1) is 11.1. The average Bonchev–Trinajstić information content (AvgIpc) is 2.07. The summed E-state index contributed by atoms with van der Waals surface area (Å²) in [6, 6.07) is 6.26. The maximum atomic E-state index is 5.93. The highest BCUT2D eigenvalue weighted by Crippen LogP contribution is 2.33. The van der Waals surface area contributed by atoms with Gasteiger partial charge in [0.2, 0.25) is 0 Å². The molecular formula is C9H11ClINO. The summed E-state index contributed by atoms with van der Waals surface area (Å²) >= 11 is 2.27. The minimum absolute atomic E-state index is 0. The van der Waals surface area contributed by atoms with Crippen molar-refractivity contribution >= 4 is 35.0 Å². The van der Waals surface area contributed by atoms with Gasteiger partial charge < -0.3 is 10.5 Å². The Hall–Kier alpha value is -0.000000000000000111. The van der Waals surface area contributed by atoms with Crippen LogP contribution in [-0.4, -0.2) is 6.61 Å². The topological polar surface area (TPSA) is 35.2 Å². The molecule has 0 spiro atoms. The summed E-state index contributed by atoms with van der Waals surface area (Å²) in [4.78, 5) is 0. The Morgan fingerprint density at radius 1 is 1.46 bits per heavy atom. The molecule has 2 N–H and O–H groups in total. The van der Waals surface area contributed by atoms with Crippen LogP contribution in [0, 0.1) is 3.57 Å². The van der Waals surface area contributed by atoms with E-state index < -0.39 is 0 Å². The molecule has 2 nitrogen and oxygen atoms in total. The lowest BCUT2D eigenvalue weighted by molar-refractivity contribution is 0.267. The van der Waals surface area contributed by atoms with Gasteiger partial charge in [0.05, 0.1) is 10.2 Å². The molecule has 1 aliphatic rings. The normalized spacial score (nSPS) is 19.7. The van der Waals surface area contributed by atoms with E-state index >= 15 is 0 Å². The Labute approximate surface area is 97.4 Å². The molecule has 13 heavy (non-hydrogen) atoms. The van der Waals surface area contributed by atoms with Crippen LogP contribution < -0.4 is 10.5 Å². The van der Waals surface area contributed by atoms with E-state index in [1.807, 2.05) is 18.2 Å². The minimum Gasteiger partial charge on any atom is -0.492 e. The van der Waals surface area contributed by atoms with Gasteiger partial charge in [0.1, 0.15) is 5.75 Å². The van der Waals surface area contributed by atoms with Crippen LogP contribution in [0.1, 0.15) is 18.0 Å². The van der Waals surface area contributed by atoms with Crippen molar-refractivity contribution in [3.63, 3.8) is 0 Å². The Bertz CT molecular complexity index is 306. The zero-order valence-corrected chi connectivity index (χ0v) is 9.97. The Balaban J connectivity index is 0.000000845. The molecule has 1 unspecified atom stereocenters. The molecule has 1 heterocycles. The van der Waals surface area contributed by atoms with Crippen LogP contribution >= 0.6 is 35.0 Å². The summed E-state index contributed by atoms with van der Waals surface area (Å²) in [5, 5.41) is 0. The monoisotopic (exact) mass is 311 g/mol. The summed E-state index contributed by atoms with van der Waals surface area (Å²) in [5.74, 6) is 0.983. The number of benzene rings is 1. The number of para-hydroxylation sites is 1. The third kappa shape index (κ3) is 2.08. The zero-order valence-electron chi connectivity index (χ0n) is 7.00. The Morgan fingerprint density at radius 2 is 2.23 bits per heavy atom. The molecule has 4 heteroatoms. The molecule has 0 bridgehead atoms. The Morgan fingerprint density at radius 3 is 2.92 bits per heavy atom. The summed E-state index contributed by atoms with van der Waals surface area (Å²) in [6.07, 6.45) is 0.924. The molecule has 0 radical (unpaired) electrons. The van der Waals surface area contributed by atoms with Gasteiger partial charge in [-0.25, -0.2) is 0 Å². The van der Waals surface area contributed by atoms with Crippen molar-refractivity contribution in [2.75, 3.05) is 6.61 Å². The predicted octanol–water partition coefficient (Wildman–Crippen LogP) is 2.50. The number of halogens is 2. The summed E-state index contributed by atoms with van der Waals surface area (Å²) in [6.45, 7) is 0.744. The molecular weight excluding hydrogens is 300 g/mol. The SMILES string of the molecule is Cl.NC1CCOc2c(I)cccc21. The largest absolute Gasteiger partial charge is 0.492 e. The maximum Gasteiger partial charge on any atom is 0.137 e. The first-order valence-electron chi connectivity index (χ1n) is 3.96. The number of ether oxygens (including phenoxy) is 1. The molecule has 0 saturated carbocycles. The number of nitrogens with two attached hydrogens (primary N) is 1. The van der Waals surface area contributed by atoms with Crippen LogP contribution in [-0.2, 0) is 0 Å². The van der Waals surface area contributed by atoms with Crippen LogP contribution in [0.25, 0.3) is 0 Å². The van der Waals surface area contributed by atoms with Gasteiger partial charge in [-0.3, -0.25) is 0 Å². The van der Waals surface area contributed by atoms with E-state index in [9.17, 15) is 0 Å². The molecule has 0 fully saturated rings. The molecule has 0 aliphatic carbocycles. The lowest BCUT2D eigenvalue weighted by Gasteiger charge is -2.23. The van der Waals surface area contributed by atoms with Crippen LogP contribution in [0.15, 0.2) is 18.2 Å². The van der Waals surface area contributed by atoms with E-state index in [2.05, 4.69) is 22.6 Å². The second-order valence-corrected chi connectivity index (χ2v) is 4.06. The quantitative estimate of drug-likeness (QED) is 0.747. The maximum absolute atomic E-state index is 5.93. The van der Waals surface area contributed by atoms with Crippen molar-refractivity contribution in [3.05, 3.63) is 27.3 Å². The first-order chi connectivity index (χ1) is 5.79. The molecule has 72 valence electrons. The van der Waals surface area contributed by atoms with Crippen molar-refractivity contribution in [3.8, 4) is 5.75 Å². The van der Waals surface area contributed by atoms with Crippen LogP contribution in [0.2, 0.25) is 0 Å². The van der Waals surface area contributed by atoms with Crippen molar-refractivity contribution in [1.29, 1.82) is 0 Å². The number of hydrogen-bond acceptors (Lipinski definition) is 2. The minimum atomic E-state index is 0. The van der Waals surface area contributed by atoms with Gasteiger partial charge in [0.25, 0.3) is 0 Å². The number of rotatable bonds is 0. The highest BCUT2D eigenvalue weighted by molar-refractivity contribution is 14.1. The predicted molar refractivity (Wildman–Crippen MR) is 63.4 cm³/mol. The van der Waals surface area contributed by atoms with Crippen molar-refractivity contribution < 1.29 is 4.74 Å². The molecule has 0 aromatic heterocycles. The van der Waals surface area contributed by atoms with E-state index in [4.69, 9.17) is 10.5 Å². The van der Waals surface area contributed by atoms with Crippen molar-refractivity contribution in [2.45, 2.75) is 12.5 Å². The summed E-state index contributed by atoms with van der Waals surface area (Å²) < 4.78 is 6.69. The lowest BCUT2D eigenvalue weighted by Crippen LogP contribution is -2.20. The third-order valence-electron chi connectivity index (χ3n) is 2.07. The van der Waals surface area contributed by atoms with Gasteiger partial charge >= 0.3 is 0 Å². The molecule has 1 atom stereocenters. The zero-order chi connectivity index (χ0) is 8.55. The fourth-order valence-electron chi connectivity index (χ4n) is 1.41. The fraction of sp³-hybridized carbons (Fsp3) is 0.333. The van der Waals surface area contributed by atoms with Gasteiger partial charge in [-0.15, -0.1) is 12.4 Å². The van der Waals surface area contributed by atoms with Gasteiger partial charge in [0, 0.05) is 18.0 Å². The Kier molecular flexibility index (Phi) is 3.82. The van der Waals surface area contributed by atoms with E-state index in [0.717, 1.165) is 27.9 Å². The lowest BCUT2D eigenvalue weighted by atomic mass is 10.0. The number of fused-ring (bicyclic) bond motifs is 1. The van der Waals surface area contributed by atoms with Crippen LogP contribution in [0.4, 0.5) is 0 Å². The molecule has 1 aromatic carbocycles. The second kappa shape index (κ2) is 4.48. The smallest absolute Gasteiger partial charge is 0.137 e. The number of hydrogen-bond donors (Lipinski definition) is 1. The van der Waals surface area contributed by atoms with Crippen molar-refractivity contribution in [2.24, 2.45) is 5.73 Å². The highest BCUT2D eigenvalue weighted by atomic mass is 127. The molecule has 1 aliphatic heterocycles.